The van der Waals surface area contributed by atoms with Gasteiger partial charge in [0, 0.05) is 37.2 Å². The van der Waals surface area contributed by atoms with E-state index in [1.54, 1.807) is 24.3 Å². The molecule has 1 saturated heterocycles. The zero-order valence-corrected chi connectivity index (χ0v) is 24.8. The van der Waals surface area contributed by atoms with Crippen molar-refractivity contribution in [2.75, 3.05) is 33.4 Å². The summed E-state index contributed by atoms with van der Waals surface area (Å²) in [5, 5.41) is 13.5. The summed E-state index contributed by atoms with van der Waals surface area (Å²) in [5.74, 6) is -0.805. The number of carbonyl (C=O) groups is 1. The van der Waals surface area contributed by atoms with Crippen molar-refractivity contribution in [1.82, 2.24) is 10.2 Å². The maximum atomic E-state index is 15.3. The summed E-state index contributed by atoms with van der Waals surface area (Å²) in [7, 11) is 1.67. The fourth-order valence-corrected chi connectivity index (χ4v) is 5.83. The summed E-state index contributed by atoms with van der Waals surface area (Å²) in [6.07, 6.45) is 8.15. The van der Waals surface area contributed by atoms with Gasteiger partial charge in [0.2, 0.25) is 0 Å². The number of methoxy groups -OCH3 is 1. The van der Waals surface area contributed by atoms with Crippen LogP contribution in [0.3, 0.4) is 0 Å². The molecule has 0 aliphatic carbocycles. The van der Waals surface area contributed by atoms with E-state index in [1.807, 2.05) is 6.08 Å². The lowest BCUT2D eigenvalue weighted by atomic mass is 9.99. The number of allylic oxidation sites excluding steroid dienone is 4. The van der Waals surface area contributed by atoms with E-state index in [1.165, 1.54) is 17.7 Å². The molecule has 42 heavy (non-hydrogen) atoms. The molecule has 1 aromatic rings. The number of rotatable bonds is 15. The van der Waals surface area contributed by atoms with Crippen LogP contribution in [0.2, 0.25) is 0 Å². The first-order valence-corrected chi connectivity index (χ1v) is 14.9. The van der Waals surface area contributed by atoms with Crippen LogP contribution in [0, 0.1) is 5.82 Å². The van der Waals surface area contributed by atoms with E-state index < -0.39 is 24.0 Å². The molecular weight excluding hydrogens is 542 g/mol. The number of unbranched alkanes of at least 4 members (excludes halogenated alkanes) is 1. The maximum Gasteiger partial charge on any atom is 0.331 e. The van der Waals surface area contributed by atoms with Gasteiger partial charge in [-0.05, 0) is 93.2 Å². The van der Waals surface area contributed by atoms with Crippen molar-refractivity contribution in [2.24, 2.45) is 0 Å². The van der Waals surface area contributed by atoms with Gasteiger partial charge in [-0.1, -0.05) is 18.2 Å². The van der Waals surface area contributed by atoms with Crippen molar-refractivity contribution >= 4 is 5.97 Å². The fraction of sp³-hybridized carbons (Fsp3) is 0.545. The summed E-state index contributed by atoms with van der Waals surface area (Å²) in [4.78, 5) is 14.0. The van der Waals surface area contributed by atoms with Crippen molar-refractivity contribution in [3.05, 3.63) is 82.2 Å². The first-order chi connectivity index (χ1) is 20.3. The number of ether oxygens (including phenoxy) is 3. The summed E-state index contributed by atoms with van der Waals surface area (Å²) in [6, 6.07) is 2.99. The van der Waals surface area contributed by atoms with Crippen molar-refractivity contribution in [2.45, 2.75) is 83.2 Å². The van der Waals surface area contributed by atoms with Crippen LogP contribution in [0.4, 0.5) is 8.78 Å². The largest absolute Gasteiger partial charge is 0.496 e. The van der Waals surface area contributed by atoms with E-state index in [2.05, 4.69) is 18.8 Å². The Morgan fingerprint density at radius 2 is 2.17 bits per heavy atom. The Hall–Kier alpha value is -3.17. The molecule has 7 nitrogen and oxygen atoms in total. The Morgan fingerprint density at radius 3 is 2.88 bits per heavy atom. The average molecular weight is 587 g/mol. The molecule has 3 heterocycles. The highest BCUT2D eigenvalue weighted by Crippen LogP contribution is 2.33. The Labute approximate surface area is 247 Å². The minimum absolute atomic E-state index is 0.0669. The lowest BCUT2D eigenvalue weighted by molar-refractivity contribution is -0.142. The number of carboxylic acids is 1. The predicted octanol–water partition coefficient (Wildman–Crippen LogP) is 6.49. The van der Waals surface area contributed by atoms with E-state index in [0.717, 1.165) is 55.7 Å². The summed E-state index contributed by atoms with van der Waals surface area (Å²) in [6.45, 7) is 8.83. The highest BCUT2D eigenvalue weighted by atomic mass is 19.1. The third-order valence-corrected chi connectivity index (χ3v) is 8.23. The number of hydrogen-bond donors (Lipinski definition) is 2. The van der Waals surface area contributed by atoms with Gasteiger partial charge in [-0.25, -0.2) is 13.6 Å². The van der Waals surface area contributed by atoms with Gasteiger partial charge in [0.15, 0.2) is 6.04 Å². The Balaban J connectivity index is 1.32. The van der Waals surface area contributed by atoms with Crippen molar-refractivity contribution in [3.8, 4) is 0 Å². The number of nitrogens with one attached hydrogen (secondary N) is 1. The number of carboxylic acid groups (broad SMARTS) is 1. The fourth-order valence-electron chi connectivity index (χ4n) is 5.83. The standard InChI is InChI=1S/C33H44F2N2O5/c1-22(17-31(40-3)28-8-6-14-36-23(28)2)7-4-5-9-30(35)24-12-15-37(19-24)32(33(38)39)29-18-26(34)11-10-25(29)20-42-27-13-16-41-21-27/h10-11,17-19,27,30,32,36H,1,4-9,12-16,20-21H2,2-3H3,(H,38,39)/b31-17+/t27-,30?,32?/m0/s1. The zero-order chi connectivity index (χ0) is 30.1. The van der Waals surface area contributed by atoms with Gasteiger partial charge >= 0.3 is 5.97 Å². The molecular formula is C33H44F2N2O5. The first kappa shape index (κ1) is 31.8. The third kappa shape index (κ3) is 8.44. The number of nitrogens with zero attached hydrogens (tertiary/aromatic N) is 1. The van der Waals surface area contributed by atoms with E-state index in [4.69, 9.17) is 14.2 Å². The second kappa shape index (κ2) is 15.3. The molecule has 1 aromatic carbocycles. The first-order valence-electron chi connectivity index (χ1n) is 14.9. The topological polar surface area (TPSA) is 80.3 Å². The highest BCUT2D eigenvalue weighted by molar-refractivity contribution is 5.76. The monoisotopic (exact) mass is 586 g/mol. The van der Waals surface area contributed by atoms with Crippen LogP contribution in [0.1, 0.15) is 75.5 Å². The van der Waals surface area contributed by atoms with E-state index in [0.29, 0.717) is 55.7 Å². The Kier molecular flexibility index (Phi) is 11.6. The quantitative estimate of drug-likeness (QED) is 0.138. The molecule has 1 fully saturated rings. The molecule has 4 rings (SSSR count). The van der Waals surface area contributed by atoms with Crippen molar-refractivity contribution in [3.63, 3.8) is 0 Å². The normalized spacial score (nSPS) is 20.8. The van der Waals surface area contributed by atoms with Gasteiger partial charge in [-0.3, -0.25) is 0 Å². The van der Waals surface area contributed by atoms with Crippen LogP contribution in [0.25, 0.3) is 0 Å². The minimum Gasteiger partial charge on any atom is -0.496 e. The van der Waals surface area contributed by atoms with E-state index in [-0.39, 0.29) is 12.7 Å². The van der Waals surface area contributed by atoms with Crippen LogP contribution in [0.5, 0.6) is 0 Å². The van der Waals surface area contributed by atoms with Gasteiger partial charge in [-0.2, -0.15) is 0 Å². The smallest absolute Gasteiger partial charge is 0.331 e. The molecule has 2 unspecified atom stereocenters. The maximum absolute atomic E-state index is 15.3. The highest BCUT2D eigenvalue weighted by Gasteiger charge is 2.33. The van der Waals surface area contributed by atoms with Crippen LogP contribution in [0.15, 0.2) is 65.2 Å². The van der Waals surface area contributed by atoms with Crippen LogP contribution in [-0.4, -0.2) is 61.7 Å². The molecule has 0 spiro atoms. The minimum atomic E-state index is -1.17. The molecule has 0 bridgehead atoms. The Morgan fingerprint density at radius 1 is 1.33 bits per heavy atom. The lowest BCUT2D eigenvalue weighted by Gasteiger charge is -2.27. The number of benzene rings is 1. The number of alkyl halides is 1. The van der Waals surface area contributed by atoms with E-state index >= 15 is 4.39 Å². The summed E-state index contributed by atoms with van der Waals surface area (Å²) < 4.78 is 46.4. The van der Waals surface area contributed by atoms with Gasteiger partial charge in [0.1, 0.15) is 17.7 Å². The van der Waals surface area contributed by atoms with Gasteiger partial charge in [0.05, 0.1) is 26.4 Å². The second-order valence-electron chi connectivity index (χ2n) is 11.3. The average Bonchev–Trinajstić information content (AvgIpc) is 3.67. The van der Waals surface area contributed by atoms with Crippen LogP contribution in [-0.2, 0) is 25.6 Å². The molecule has 0 aromatic heterocycles. The molecule has 230 valence electrons. The van der Waals surface area contributed by atoms with Gasteiger partial charge < -0.3 is 29.5 Å². The molecule has 2 N–H and O–H groups in total. The van der Waals surface area contributed by atoms with Crippen molar-refractivity contribution in [1.29, 1.82) is 0 Å². The SMILES string of the molecule is C=C(/C=C(/OC)C1=C(C)NCCC1)CCCCC(F)C1=CN(C(C(=O)O)c2cc(F)ccc2CO[C@H]2CCOC2)CC1. The predicted molar refractivity (Wildman–Crippen MR) is 158 cm³/mol. The number of aliphatic carboxylic acids is 1. The molecule has 0 radical (unpaired) electrons. The molecule has 3 atom stereocenters. The van der Waals surface area contributed by atoms with Crippen LogP contribution >= 0.6 is 0 Å². The van der Waals surface area contributed by atoms with Crippen molar-refractivity contribution < 1.29 is 32.9 Å². The lowest BCUT2D eigenvalue weighted by Crippen LogP contribution is -2.30. The molecule has 0 amide bonds. The second-order valence-corrected chi connectivity index (χ2v) is 11.3. The van der Waals surface area contributed by atoms with Gasteiger partial charge in [0.25, 0.3) is 0 Å². The molecule has 3 aliphatic rings. The number of halogens is 2. The zero-order valence-electron chi connectivity index (χ0n) is 24.8. The van der Waals surface area contributed by atoms with Gasteiger partial charge in [-0.15, -0.1) is 0 Å². The molecule has 9 heteroatoms. The molecule has 3 aliphatic heterocycles. The van der Waals surface area contributed by atoms with E-state index in [9.17, 15) is 14.3 Å². The number of hydrogen-bond acceptors (Lipinski definition) is 6. The summed E-state index contributed by atoms with van der Waals surface area (Å²) in [5.41, 5.74) is 4.75. The van der Waals surface area contributed by atoms with Crippen LogP contribution < -0.4 is 5.32 Å². The molecule has 0 saturated carbocycles. The summed E-state index contributed by atoms with van der Waals surface area (Å²) >= 11 is 0. The third-order valence-electron chi connectivity index (χ3n) is 8.23. The Bertz CT molecular complexity index is 1200.